The first-order valence-corrected chi connectivity index (χ1v) is 10.7. The van der Waals surface area contributed by atoms with E-state index in [0.29, 0.717) is 42.3 Å². The van der Waals surface area contributed by atoms with Gasteiger partial charge in [-0.1, -0.05) is 17.7 Å². The molecule has 0 aliphatic carbocycles. The van der Waals surface area contributed by atoms with E-state index >= 15 is 0 Å². The lowest BCUT2D eigenvalue weighted by molar-refractivity contribution is -0.140. The summed E-state index contributed by atoms with van der Waals surface area (Å²) in [5.74, 6) is 0.232. The molecule has 0 fully saturated rings. The fraction of sp³-hybridized carbons (Fsp3) is 0.292. The molecule has 0 radical (unpaired) electrons. The van der Waals surface area contributed by atoms with Gasteiger partial charge in [-0.25, -0.2) is 4.68 Å². The number of carbonyl (C=O) groups excluding carboxylic acids is 2. The molecule has 1 heterocycles. The van der Waals surface area contributed by atoms with Gasteiger partial charge in [0.2, 0.25) is 0 Å². The summed E-state index contributed by atoms with van der Waals surface area (Å²) in [5, 5.41) is 8.03. The molecule has 0 saturated heterocycles. The zero-order chi connectivity index (χ0) is 23.1. The standard InChI is InChI=1S/C24H26ClN3O4/c1-16-22(11-12-23(29)31-3)17(2)28(27-16)20-9-7-18(8-10-20)24(30)26-13-14-32-21-6-4-5-19(25)15-21/h4-10,15H,11-14H2,1-3H3,(H,26,30). The Balaban J connectivity index is 1.57. The number of hydrogen-bond acceptors (Lipinski definition) is 5. The minimum atomic E-state index is -0.245. The largest absolute Gasteiger partial charge is 0.492 e. The van der Waals surface area contributed by atoms with Crippen molar-refractivity contribution in [3.8, 4) is 11.4 Å². The number of ether oxygens (including phenoxy) is 2. The Bertz CT molecular complexity index is 1090. The summed E-state index contributed by atoms with van der Waals surface area (Å²) < 4.78 is 12.1. The summed E-state index contributed by atoms with van der Waals surface area (Å²) in [5.41, 5.74) is 4.24. The first-order valence-electron chi connectivity index (χ1n) is 10.3. The molecule has 0 aliphatic rings. The summed E-state index contributed by atoms with van der Waals surface area (Å²) in [7, 11) is 1.38. The van der Waals surface area contributed by atoms with Crippen LogP contribution in [0.3, 0.4) is 0 Å². The summed E-state index contributed by atoms with van der Waals surface area (Å²) >= 11 is 5.92. The molecule has 8 heteroatoms. The quantitative estimate of drug-likeness (QED) is 0.388. The maximum absolute atomic E-state index is 12.4. The molecule has 1 aromatic heterocycles. The van der Waals surface area contributed by atoms with Gasteiger partial charge < -0.3 is 14.8 Å². The third-order valence-electron chi connectivity index (χ3n) is 5.07. The van der Waals surface area contributed by atoms with Crippen molar-refractivity contribution in [3.63, 3.8) is 0 Å². The minimum Gasteiger partial charge on any atom is -0.492 e. The molecule has 168 valence electrons. The van der Waals surface area contributed by atoms with E-state index in [1.54, 1.807) is 24.3 Å². The number of aromatic nitrogens is 2. The summed E-state index contributed by atoms with van der Waals surface area (Å²) in [6, 6.07) is 14.3. The Morgan fingerprint density at radius 2 is 1.88 bits per heavy atom. The fourth-order valence-electron chi connectivity index (χ4n) is 3.36. The van der Waals surface area contributed by atoms with Crippen molar-refractivity contribution in [3.05, 3.63) is 76.1 Å². The molecular formula is C24H26ClN3O4. The van der Waals surface area contributed by atoms with Crippen molar-refractivity contribution >= 4 is 23.5 Å². The summed E-state index contributed by atoms with van der Waals surface area (Å²) in [4.78, 5) is 23.9. The van der Waals surface area contributed by atoms with E-state index in [2.05, 4.69) is 10.4 Å². The van der Waals surface area contributed by atoms with Crippen molar-refractivity contribution in [2.24, 2.45) is 0 Å². The fourth-order valence-corrected chi connectivity index (χ4v) is 3.54. The molecule has 1 amide bonds. The van der Waals surface area contributed by atoms with Crippen LogP contribution in [0.2, 0.25) is 5.02 Å². The second kappa shape index (κ2) is 10.8. The Morgan fingerprint density at radius 3 is 2.56 bits per heavy atom. The van der Waals surface area contributed by atoms with Gasteiger partial charge in [0.25, 0.3) is 5.91 Å². The number of esters is 1. The van der Waals surface area contributed by atoms with Crippen LogP contribution >= 0.6 is 11.6 Å². The van der Waals surface area contributed by atoms with Gasteiger partial charge in [-0.05, 0) is 68.3 Å². The Kier molecular flexibility index (Phi) is 7.89. The molecule has 0 spiro atoms. The van der Waals surface area contributed by atoms with Gasteiger partial charge in [0.1, 0.15) is 12.4 Å². The van der Waals surface area contributed by atoms with E-state index in [4.69, 9.17) is 21.1 Å². The van der Waals surface area contributed by atoms with Crippen LogP contribution in [0.25, 0.3) is 5.69 Å². The number of halogens is 1. The molecule has 3 aromatic rings. The number of carbonyl (C=O) groups is 2. The van der Waals surface area contributed by atoms with Crippen LogP contribution in [0.5, 0.6) is 5.75 Å². The number of nitrogens with zero attached hydrogens (tertiary/aromatic N) is 2. The van der Waals surface area contributed by atoms with Crippen LogP contribution in [0.15, 0.2) is 48.5 Å². The molecule has 0 bridgehead atoms. The highest BCUT2D eigenvalue weighted by atomic mass is 35.5. The SMILES string of the molecule is COC(=O)CCc1c(C)nn(-c2ccc(C(=O)NCCOc3cccc(Cl)c3)cc2)c1C. The number of amides is 1. The van der Waals surface area contributed by atoms with E-state index in [9.17, 15) is 9.59 Å². The Morgan fingerprint density at radius 1 is 1.12 bits per heavy atom. The van der Waals surface area contributed by atoms with Gasteiger partial charge in [-0.15, -0.1) is 0 Å². The van der Waals surface area contributed by atoms with Gasteiger partial charge in [0, 0.05) is 22.7 Å². The first-order chi connectivity index (χ1) is 15.4. The highest BCUT2D eigenvalue weighted by Crippen LogP contribution is 2.20. The molecule has 32 heavy (non-hydrogen) atoms. The first kappa shape index (κ1) is 23.3. The normalized spacial score (nSPS) is 10.6. The predicted molar refractivity (Wildman–Crippen MR) is 123 cm³/mol. The van der Waals surface area contributed by atoms with Gasteiger partial charge in [0.15, 0.2) is 0 Å². The lowest BCUT2D eigenvalue weighted by atomic mass is 10.1. The summed E-state index contributed by atoms with van der Waals surface area (Å²) in [6.45, 7) is 4.59. The average Bonchev–Trinajstić information content (AvgIpc) is 3.08. The zero-order valence-electron chi connectivity index (χ0n) is 18.4. The Hall–Kier alpha value is -3.32. The second-order valence-corrected chi connectivity index (χ2v) is 7.68. The topological polar surface area (TPSA) is 82.5 Å². The van der Waals surface area contributed by atoms with Crippen LogP contribution in [-0.2, 0) is 16.0 Å². The molecule has 7 nitrogen and oxygen atoms in total. The van der Waals surface area contributed by atoms with Crippen LogP contribution < -0.4 is 10.1 Å². The average molecular weight is 456 g/mol. The number of aryl methyl sites for hydroxylation is 1. The van der Waals surface area contributed by atoms with E-state index in [-0.39, 0.29) is 11.9 Å². The molecular weight excluding hydrogens is 430 g/mol. The molecule has 2 aromatic carbocycles. The zero-order valence-corrected chi connectivity index (χ0v) is 19.1. The van der Waals surface area contributed by atoms with Crippen LogP contribution in [0, 0.1) is 13.8 Å². The predicted octanol–water partition coefficient (Wildman–Crippen LogP) is 4.06. The van der Waals surface area contributed by atoms with Gasteiger partial charge >= 0.3 is 5.97 Å². The van der Waals surface area contributed by atoms with Crippen molar-refractivity contribution in [2.45, 2.75) is 26.7 Å². The van der Waals surface area contributed by atoms with Crippen molar-refractivity contribution in [1.82, 2.24) is 15.1 Å². The molecule has 0 aliphatic heterocycles. The van der Waals surface area contributed by atoms with Crippen LogP contribution in [0.4, 0.5) is 0 Å². The third-order valence-corrected chi connectivity index (χ3v) is 5.31. The molecule has 0 unspecified atom stereocenters. The number of rotatable bonds is 9. The van der Waals surface area contributed by atoms with Gasteiger partial charge in [-0.2, -0.15) is 5.10 Å². The van der Waals surface area contributed by atoms with Gasteiger partial charge in [0.05, 0.1) is 25.0 Å². The lowest BCUT2D eigenvalue weighted by Gasteiger charge is -2.09. The molecule has 1 N–H and O–H groups in total. The highest BCUT2D eigenvalue weighted by Gasteiger charge is 2.15. The number of methoxy groups -OCH3 is 1. The highest BCUT2D eigenvalue weighted by molar-refractivity contribution is 6.30. The number of benzene rings is 2. The monoisotopic (exact) mass is 455 g/mol. The molecule has 0 atom stereocenters. The van der Waals surface area contributed by atoms with Gasteiger partial charge in [-0.3, -0.25) is 9.59 Å². The van der Waals surface area contributed by atoms with E-state index in [1.165, 1.54) is 7.11 Å². The van der Waals surface area contributed by atoms with Crippen LogP contribution in [-0.4, -0.2) is 41.9 Å². The maximum Gasteiger partial charge on any atom is 0.305 e. The molecule has 3 rings (SSSR count). The second-order valence-electron chi connectivity index (χ2n) is 7.25. The number of nitrogens with one attached hydrogen (secondary N) is 1. The maximum atomic E-state index is 12.4. The Labute approximate surface area is 192 Å². The smallest absolute Gasteiger partial charge is 0.305 e. The number of hydrogen-bond donors (Lipinski definition) is 1. The molecule has 0 saturated carbocycles. The van der Waals surface area contributed by atoms with E-state index < -0.39 is 0 Å². The van der Waals surface area contributed by atoms with E-state index in [1.807, 2.05) is 42.8 Å². The summed E-state index contributed by atoms with van der Waals surface area (Å²) in [6.07, 6.45) is 0.881. The van der Waals surface area contributed by atoms with E-state index in [0.717, 1.165) is 22.6 Å². The van der Waals surface area contributed by atoms with Crippen molar-refractivity contribution in [1.29, 1.82) is 0 Å². The minimum absolute atomic E-state index is 0.182. The van der Waals surface area contributed by atoms with Crippen molar-refractivity contribution < 1.29 is 19.1 Å². The van der Waals surface area contributed by atoms with Crippen LogP contribution in [0.1, 0.15) is 33.7 Å². The van der Waals surface area contributed by atoms with Crippen molar-refractivity contribution in [2.75, 3.05) is 20.3 Å². The third kappa shape index (κ3) is 5.88. The lowest BCUT2D eigenvalue weighted by Crippen LogP contribution is -2.28.